The first-order valence-electron chi connectivity index (χ1n) is 6.08. The minimum Gasteiger partial charge on any atom is -0.312 e. The summed E-state index contributed by atoms with van der Waals surface area (Å²) in [7, 11) is 1.75. The molecule has 1 N–H and O–H groups in total. The molecule has 18 heavy (non-hydrogen) atoms. The second-order valence-corrected chi connectivity index (χ2v) is 4.77. The number of hydrogen-bond donors (Lipinski definition) is 1. The lowest BCUT2D eigenvalue weighted by molar-refractivity contribution is 0.552. The summed E-state index contributed by atoms with van der Waals surface area (Å²) in [6.45, 7) is 6.79. The summed E-state index contributed by atoms with van der Waals surface area (Å²) in [5.41, 5.74) is 1.17. The summed E-state index contributed by atoms with van der Waals surface area (Å²) in [6, 6.07) is 0. The van der Waals surface area contributed by atoms with E-state index in [-0.39, 0.29) is 0 Å². The number of aromatic nitrogens is 6. The van der Waals surface area contributed by atoms with Crippen LogP contribution in [0.1, 0.15) is 25.2 Å². The van der Waals surface area contributed by atoms with Crippen LogP contribution in [-0.4, -0.2) is 36.5 Å². The van der Waals surface area contributed by atoms with E-state index in [9.17, 15) is 0 Å². The van der Waals surface area contributed by atoms with E-state index in [1.165, 1.54) is 10.4 Å². The zero-order valence-electron chi connectivity index (χ0n) is 11.0. The Kier molecular flexibility index (Phi) is 4.03. The van der Waals surface area contributed by atoms with Crippen molar-refractivity contribution in [2.75, 3.05) is 6.54 Å². The highest BCUT2D eigenvalue weighted by Gasteiger charge is 2.04. The predicted octanol–water partition coefficient (Wildman–Crippen LogP) is 0.200. The molecule has 2 heterocycles. The van der Waals surface area contributed by atoms with Gasteiger partial charge in [-0.1, -0.05) is 13.8 Å². The van der Waals surface area contributed by atoms with Gasteiger partial charge in [0.1, 0.15) is 6.54 Å². The van der Waals surface area contributed by atoms with Crippen LogP contribution in [0.3, 0.4) is 0 Å². The molecule has 0 aliphatic carbocycles. The quantitative estimate of drug-likeness (QED) is 0.791. The molecule has 0 fully saturated rings. The lowest BCUT2D eigenvalue weighted by Crippen LogP contribution is -2.18. The summed E-state index contributed by atoms with van der Waals surface area (Å²) in [4.78, 5) is 1.45. The zero-order chi connectivity index (χ0) is 13.0. The SMILES string of the molecule is CC(C)CNCc1cnn(Cc2nnn(C)n2)c1. The van der Waals surface area contributed by atoms with Crippen molar-refractivity contribution in [3.63, 3.8) is 0 Å². The molecule has 0 amide bonds. The van der Waals surface area contributed by atoms with Gasteiger partial charge in [-0.05, 0) is 17.7 Å². The Labute approximate surface area is 106 Å². The second-order valence-electron chi connectivity index (χ2n) is 4.77. The molecule has 7 nitrogen and oxygen atoms in total. The summed E-state index contributed by atoms with van der Waals surface area (Å²) in [5.74, 6) is 1.33. The van der Waals surface area contributed by atoms with Gasteiger partial charge < -0.3 is 5.32 Å². The standard InChI is InChI=1S/C11H19N7/c1-9(2)4-12-5-10-6-13-18(7-10)8-11-14-16-17(3)15-11/h6-7,9,12H,4-5,8H2,1-3H3. The number of nitrogens with one attached hydrogen (secondary N) is 1. The van der Waals surface area contributed by atoms with Gasteiger partial charge in [-0.2, -0.15) is 9.90 Å². The van der Waals surface area contributed by atoms with Gasteiger partial charge in [-0.25, -0.2) is 0 Å². The van der Waals surface area contributed by atoms with Gasteiger partial charge in [0.15, 0.2) is 5.82 Å². The molecule has 2 rings (SSSR count). The van der Waals surface area contributed by atoms with E-state index in [0.29, 0.717) is 18.3 Å². The van der Waals surface area contributed by atoms with Crippen molar-refractivity contribution >= 4 is 0 Å². The maximum atomic E-state index is 4.28. The Morgan fingerprint density at radius 1 is 1.39 bits per heavy atom. The monoisotopic (exact) mass is 249 g/mol. The predicted molar refractivity (Wildman–Crippen MR) is 66.7 cm³/mol. The van der Waals surface area contributed by atoms with Crippen LogP contribution < -0.4 is 5.32 Å². The molecule has 0 atom stereocenters. The smallest absolute Gasteiger partial charge is 0.196 e. The molecule has 0 aliphatic heterocycles. The van der Waals surface area contributed by atoms with Crippen molar-refractivity contribution in [3.8, 4) is 0 Å². The summed E-state index contributed by atoms with van der Waals surface area (Å²) in [6.07, 6.45) is 3.87. The molecule has 0 saturated carbocycles. The molecular weight excluding hydrogens is 230 g/mol. The maximum Gasteiger partial charge on any atom is 0.196 e. The first-order chi connectivity index (χ1) is 8.63. The van der Waals surface area contributed by atoms with E-state index in [1.807, 2.05) is 17.1 Å². The third kappa shape index (κ3) is 3.63. The topological polar surface area (TPSA) is 73.5 Å². The lowest BCUT2D eigenvalue weighted by Gasteiger charge is -2.04. The van der Waals surface area contributed by atoms with Crippen LogP contribution in [0.15, 0.2) is 12.4 Å². The van der Waals surface area contributed by atoms with Crippen LogP contribution in [0, 0.1) is 5.92 Å². The molecule has 0 aromatic carbocycles. The Morgan fingerprint density at radius 2 is 2.22 bits per heavy atom. The van der Waals surface area contributed by atoms with Gasteiger partial charge in [0.25, 0.3) is 0 Å². The Bertz CT molecular complexity index is 485. The van der Waals surface area contributed by atoms with Crippen LogP contribution in [-0.2, 0) is 20.1 Å². The van der Waals surface area contributed by atoms with E-state index in [2.05, 4.69) is 39.7 Å². The number of tetrazole rings is 1. The first kappa shape index (κ1) is 12.7. The second kappa shape index (κ2) is 5.72. The van der Waals surface area contributed by atoms with Gasteiger partial charge in [0.05, 0.1) is 13.2 Å². The average Bonchev–Trinajstić information content (AvgIpc) is 2.89. The van der Waals surface area contributed by atoms with Crippen molar-refractivity contribution in [2.45, 2.75) is 26.9 Å². The van der Waals surface area contributed by atoms with Crippen LogP contribution >= 0.6 is 0 Å². The molecule has 2 aromatic heterocycles. The number of hydrogen-bond acceptors (Lipinski definition) is 5. The normalized spacial score (nSPS) is 11.3. The van der Waals surface area contributed by atoms with Crippen molar-refractivity contribution < 1.29 is 0 Å². The number of nitrogens with zero attached hydrogens (tertiary/aromatic N) is 6. The van der Waals surface area contributed by atoms with Crippen molar-refractivity contribution in [3.05, 3.63) is 23.8 Å². The number of aryl methyl sites for hydroxylation is 1. The molecule has 0 spiro atoms. The van der Waals surface area contributed by atoms with E-state index >= 15 is 0 Å². The first-order valence-corrected chi connectivity index (χ1v) is 6.08. The van der Waals surface area contributed by atoms with Crippen LogP contribution in [0.25, 0.3) is 0 Å². The van der Waals surface area contributed by atoms with Crippen LogP contribution in [0.4, 0.5) is 0 Å². The fourth-order valence-corrected chi connectivity index (χ4v) is 1.62. The summed E-state index contributed by atoms with van der Waals surface area (Å²) < 4.78 is 1.82. The van der Waals surface area contributed by atoms with Gasteiger partial charge >= 0.3 is 0 Å². The Morgan fingerprint density at radius 3 is 2.89 bits per heavy atom. The van der Waals surface area contributed by atoms with Gasteiger partial charge in [-0.3, -0.25) is 4.68 Å². The molecule has 2 aromatic rings. The maximum absolute atomic E-state index is 4.28. The molecule has 0 aliphatic rings. The minimum atomic E-state index is 0.554. The average molecular weight is 249 g/mol. The van der Waals surface area contributed by atoms with Crippen LogP contribution in [0.5, 0.6) is 0 Å². The van der Waals surface area contributed by atoms with Crippen molar-refractivity contribution in [2.24, 2.45) is 13.0 Å². The van der Waals surface area contributed by atoms with Gasteiger partial charge in [0, 0.05) is 18.3 Å². The van der Waals surface area contributed by atoms with E-state index in [0.717, 1.165) is 13.1 Å². The van der Waals surface area contributed by atoms with Gasteiger partial charge in [-0.15, -0.1) is 10.2 Å². The van der Waals surface area contributed by atoms with Crippen molar-refractivity contribution in [1.82, 2.24) is 35.3 Å². The number of rotatable bonds is 6. The highest BCUT2D eigenvalue weighted by molar-refractivity contribution is 5.04. The molecule has 7 heteroatoms. The Balaban J connectivity index is 1.86. The third-order valence-corrected chi connectivity index (χ3v) is 2.42. The van der Waals surface area contributed by atoms with Gasteiger partial charge in [0.2, 0.25) is 0 Å². The minimum absolute atomic E-state index is 0.554. The zero-order valence-corrected chi connectivity index (χ0v) is 11.0. The lowest BCUT2D eigenvalue weighted by atomic mass is 10.2. The molecular formula is C11H19N7. The highest BCUT2D eigenvalue weighted by atomic mass is 15.6. The largest absolute Gasteiger partial charge is 0.312 e. The molecule has 0 saturated heterocycles. The molecule has 0 bridgehead atoms. The van der Waals surface area contributed by atoms with E-state index < -0.39 is 0 Å². The van der Waals surface area contributed by atoms with E-state index in [4.69, 9.17) is 0 Å². The fourth-order valence-electron chi connectivity index (χ4n) is 1.62. The molecule has 98 valence electrons. The fraction of sp³-hybridized carbons (Fsp3) is 0.636. The molecule has 0 radical (unpaired) electrons. The van der Waals surface area contributed by atoms with Crippen molar-refractivity contribution in [1.29, 1.82) is 0 Å². The van der Waals surface area contributed by atoms with Crippen LogP contribution in [0.2, 0.25) is 0 Å². The molecule has 0 unspecified atom stereocenters. The third-order valence-electron chi connectivity index (χ3n) is 2.42. The highest BCUT2D eigenvalue weighted by Crippen LogP contribution is 2.00. The summed E-state index contributed by atoms with van der Waals surface area (Å²) >= 11 is 0. The Hall–Kier alpha value is -1.76. The summed E-state index contributed by atoms with van der Waals surface area (Å²) in [5, 5.41) is 19.5. The van der Waals surface area contributed by atoms with E-state index in [1.54, 1.807) is 7.05 Å².